The van der Waals surface area contributed by atoms with E-state index >= 15 is 0 Å². The Kier molecular flexibility index (Phi) is 12.0. The van der Waals surface area contributed by atoms with E-state index in [1.54, 1.807) is 21.3 Å². The van der Waals surface area contributed by atoms with E-state index < -0.39 is 0 Å². The Bertz CT molecular complexity index is 631. The maximum absolute atomic E-state index is 12.1. The molecule has 1 aromatic carbocycles. The highest BCUT2D eigenvalue weighted by atomic mass is 127. The number of methoxy groups -OCH3 is 2. The van der Waals surface area contributed by atoms with Crippen molar-refractivity contribution in [1.29, 1.82) is 0 Å². The molecule has 0 aromatic heterocycles. The lowest BCUT2D eigenvalue weighted by molar-refractivity contribution is -0.120. The predicted octanol–water partition coefficient (Wildman–Crippen LogP) is 2.69. The van der Waals surface area contributed by atoms with Crippen LogP contribution in [0.25, 0.3) is 0 Å². The second-order valence-corrected chi connectivity index (χ2v) is 7.35. The summed E-state index contributed by atoms with van der Waals surface area (Å²) in [6.45, 7) is 2.29. The molecule has 0 heterocycles. The number of halogens is 1. The predicted molar refractivity (Wildman–Crippen MR) is 127 cm³/mol. The first-order chi connectivity index (χ1) is 13.6. The fraction of sp³-hybridized carbons (Fsp3) is 0.619. The van der Waals surface area contributed by atoms with Gasteiger partial charge in [-0.05, 0) is 42.4 Å². The van der Waals surface area contributed by atoms with Crippen LogP contribution in [0.1, 0.15) is 37.7 Å². The molecular formula is C21H35IN4O3. The second kappa shape index (κ2) is 13.6. The van der Waals surface area contributed by atoms with E-state index in [4.69, 9.17) is 9.47 Å². The summed E-state index contributed by atoms with van der Waals surface area (Å²) in [7, 11) is 5.11. The van der Waals surface area contributed by atoms with Crippen molar-refractivity contribution in [3.63, 3.8) is 0 Å². The van der Waals surface area contributed by atoms with E-state index in [1.165, 1.54) is 25.7 Å². The number of carbonyl (C=O) groups excluding carboxylic acids is 1. The molecule has 1 aliphatic carbocycles. The van der Waals surface area contributed by atoms with Crippen LogP contribution in [0.4, 0.5) is 0 Å². The number of ether oxygens (including phenoxy) is 2. The number of aliphatic imine (C=N–C) groups is 1. The van der Waals surface area contributed by atoms with Crippen LogP contribution < -0.4 is 20.7 Å². The van der Waals surface area contributed by atoms with Gasteiger partial charge in [0, 0.05) is 33.9 Å². The van der Waals surface area contributed by atoms with Crippen molar-refractivity contribution in [2.24, 2.45) is 10.4 Å². The smallest absolute Gasteiger partial charge is 0.239 e. The van der Waals surface area contributed by atoms with Gasteiger partial charge in [0.25, 0.3) is 0 Å². The summed E-state index contributed by atoms with van der Waals surface area (Å²) in [5.41, 5.74) is 1.29. The molecule has 2 rings (SSSR count). The second-order valence-electron chi connectivity index (χ2n) is 7.35. The largest absolute Gasteiger partial charge is 0.497 e. The Labute approximate surface area is 191 Å². The Hall–Kier alpha value is -1.55. The van der Waals surface area contributed by atoms with Gasteiger partial charge in [-0.2, -0.15) is 0 Å². The molecule has 1 saturated carbocycles. The van der Waals surface area contributed by atoms with E-state index in [0.29, 0.717) is 12.5 Å². The average molecular weight is 518 g/mol. The summed E-state index contributed by atoms with van der Waals surface area (Å²) in [6.07, 6.45) is 6.01. The van der Waals surface area contributed by atoms with Crippen LogP contribution in [-0.4, -0.2) is 52.8 Å². The molecular weight excluding hydrogens is 483 g/mol. The molecule has 1 fully saturated rings. The molecule has 0 atom stereocenters. The van der Waals surface area contributed by atoms with E-state index in [9.17, 15) is 4.79 Å². The molecule has 164 valence electrons. The van der Waals surface area contributed by atoms with Crippen LogP contribution in [0.2, 0.25) is 0 Å². The fourth-order valence-corrected chi connectivity index (χ4v) is 3.62. The third kappa shape index (κ3) is 8.77. The molecule has 0 aliphatic heterocycles. The monoisotopic (exact) mass is 518 g/mol. The van der Waals surface area contributed by atoms with Gasteiger partial charge in [-0.3, -0.25) is 9.79 Å². The van der Waals surface area contributed by atoms with Crippen molar-refractivity contribution in [3.8, 4) is 5.75 Å². The number of hydrogen-bond acceptors (Lipinski definition) is 4. The van der Waals surface area contributed by atoms with Crippen molar-refractivity contribution in [1.82, 2.24) is 16.0 Å². The first-order valence-corrected chi connectivity index (χ1v) is 9.94. The number of hydrogen-bond donors (Lipinski definition) is 3. The Balaban J connectivity index is 0.00000420. The molecule has 0 radical (unpaired) electrons. The zero-order valence-electron chi connectivity index (χ0n) is 17.8. The molecule has 29 heavy (non-hydrogen) atoms. The summed E-state index contributed by atoms with van der Waals surface area (Å²) in [5.74, 6) is 1.38. The maximum atomic E-state index is 12.1. The standard InChI is InChI=1S/C21H34N4O3.HI/c1-22-20(25-16-21(12-13-27-2)10-4-5-11-21)24-15-19(26)23-14-17-6-8-18(28-3)9-7-17;/h6-9H,4-5,10-16H2,1-3H3,(H,23,26)(H2,22,24,25);1H. The van der Waals surface area contributed by atoms with E-state index in [2.05, 4.69) is 20.9 Å². The van der Waals surface area contributed by atoms with Crippen molar-refractivity contribution in [3.05, 3.63) is 29.8 Å². The van der Waals surface area contributed by atoms with Gasteiger partial charge in [-0.1, -0.05) is 25.0 Å². The molecule has 1 aliphatic rings. The number of rotatable bonds is 10. The molecule has 0 bridgehead atoms. The Morgan fingerprint density at radius 2 is 1.79 bits per heavy atom. The lowest BCUT2D eigenvalue weighted by Gasteiger charge is -2.29. The van der Waals surface area contributed by atoms with E-state index in [0.717, 1.165) is 30.9 Å². The number of nitrogens with one attached hydrogen (secondary N) is 3. The van der Waals surface area contributed by atoms with Gasteiger partial charge < -0.3 is 25.4 Å². The van der Waals surface area contributed by atoms with Crippen LogP contribution in [0.15, 0.2) is 29.3 Å². The Morgan fingerprint density at radius 3 is 2.38 bits per heavy atom. The lowest BCUT2D eigenvalue weighted by atomic mass is 9.83. The van der Waals surface area contributed by atoms with Gasteiger partial charge in [-0.25, -0.2) is 0 Å². The average Bonchev–Trinajstić information content (AvgIpc) is 3.20. The molecule has 0 saturated heterocycles. The normalized spacial score (nSPS) is 15.3. The molecule has 1 amide bonds. The summed E-state index contributed by atoms with van der Waals surface area (Å²) in [4.78, 5) is 16.4. The summed E-state index contributed by atoms with van der Waals surface area (Å²) in [6, 6.07) is 7.64. The fourth-order valence-electron chi connectivity index (χ4n) is 3.62. The van der Waals surface area contributed by atoms with Gasteiger partial charge in [-0.15, -0.1) is 24.0 Å². The molecule has 8 heteroatoms. The third-order valence-electron chi connectivity index (χ3n) is 5.42. The van der Waals surface area contributed by atoms with Crippen LogP contribution in [0, 0.1) is 5.41 Å². The minimum Gasteiger partial charge on any atom is -0.497 e. The summed E-state index contributed by atoms with van der Waals surface area (Å²) >= 11 is 0. The number of amides is 1. The zero-order chi connectivity index (χ0) is 20.2. The third-order valence-corrected chi connectivity index (χ3v) is 5.42. The lowest BCUT2D eigenvalue weighted by Crippen LogP contribution is -2.46. The summed E-state index contributed by atoms with van der Waals surface area (Å²) in [5, 5.41) is 9.40. The van der Waals surface area contributed by atoms with Crippen LogP contribution in [0.3, 0.4) is 0 Å². The van der Waals surface area contributed by atoms with Gasteiger partial charge in [0.05, 0.1) is 13.7 Å². The van der Waals surface area contributed by atoms with Crippen LogP contribution in [0.5, 0.6) is 5.75 Å². The topological polar surface area (TPSA) is 84.0 Å². The number of benzene rings is 1. The highest BCUT2D eigenvalue weighted by Gasteiger charge is 2.33. The first kappa shape index (κ1) is 25.5. The van der Waals surface area contributed by atoms with Crippen molar-refractivity contribution < 1.29 is 14.3 Å². The minimum absolute atomic E-state index is 0. The number of nitrogens with zero attached hydrogens (tertiary/aromatic N) is 1. The van der Waals surface area contributed by atoms with Crippen molar-refractivity contribution in [2.45, 2.75) is 38.6 Å². The van der Waals surface area contributed by atoms with Gasteiger partial charge in [0.15, 0.2) is 5.96 Å². The first-order valence-electron chi connectivity index (χ1n) is 9.94. The van der Waals surface area contributed by atoms with Crippen LogP contribution in [-0.2, 0) is 16.1 Å². The van der Waals surface area contributed by atoms with Gasteiger partial charge in [0.1, 0.15) is 5.75 Å². The maximum Gasteiger partial charge on any atom is 0.239 e. The molecule has 3 N–H and O–H groups in total. The molecule has 1 aromatic rings. The molecule has 0 spiro atoms. The van der Waals surface area contributed by atoms with Crippen molar-refractivity contribution >= 4 is 35.8 Å². The van der Waals surface area contributed by atoms with E-state index in [-0.39, 0.29) is 41.8 Å². The van der Waals surface area contributed by atoms with Gasteiger partial charge in [0.2, 0.25) is 5.91 Å². The molecule has 7 nitrogen and oxygen atoms in total. The number of carbonyl (C=O) groups is 1. The van der Waals surface area contributed by atoms with E-state index in [1.807, 2.05) is 24.3 Å². The minimum atomic E-state index is -0.0752. The zero-order valence-corrected chi connectivity index (χ0v) is 20.1. The van der Waals surface area contributed by atoms with Crippen molar-refractivity contribution in [2.75, 3.05) is 41.0 Å². The molecule has 0 unspecified atom stereocenters. The van der Waals surface area contributed by atoms with Crippen LogP contribution >= 0.6 is 24.0 Å². The SMILES string of the molecule is CN=C(NCC(=O)NCc1ccc(OC)cc1)NCC1(CCOC)CCCC1.I. The highest BCUT2D eigenvalue weighted by molar-refractivity contribution is 14.0. The Morgan fingerprint density at radius 1 is 1.10 bits per heavy atom. The summed E-state index contributed by atoms with van der Waals surface area (Å²) < 4.78 is 10.4. The number of guanidine groups is 1. The van der Waals surface area contributed by atoms with Gasteiger partial charge >= 0.3 is 0 Å². The highest BCUT2D eigenvalue weighted by Crippen LogP contribution is 2.40. The quantitative estimate of drug-likeness (QED) is 0.252.